The van der Waals surface area contributed by atoms with Gasteiger partial charge in [-0.25, -0.2) is 4.39 Å². The van der Waals surface area contributed by atoms with Crippen LogP contribution in [0.25, 0.3) is 0 Å². The lowest BCUT2D eigenvalue weighted by Crippen LogP contribution is -2.36. The zero-order valence-corrected chi connectivity index (χ0v) is 10.4. The standard InChI is InChI=1S/C13H18FNO2/c1-13(12(16)17,8-9-15(2)3)10-6-4-5-7-11(10)14/h4-7H,8-9H2,1-3H3,(H,16,17). The van der Waals surface area contributed by atoms with Crippen molar-refractivity contribution in [3.63, 3.8) is 0 Å². The van der Waals surface area contributed by atoms with Crippen LogP contribution in [0.2, 0.25) is 0 Å². The molecule has 0 bridgehead atoms. The Labute approximate surface area is 101 Å². The number of aliphatic carboxylic acids is 1. The molecule has 0 saturated carbocycles. The Balaban J connectivity index is 3.08. The summed E-state index contributed by atoms with van der Waals surface area (Å²) in [5, 5.41) is 9.34. The minimum Gasteiger partial charge on any atom is -0.481 e. The second-order valence-corrected chi connectivity index (χ2v) is 4.67. The van der Waals surface area contributed by atoms with Gasteiger partial charge in [-0.2, -0.15) is 0 Å². The van der Waals surface area contributed by atoms with Crippen molar-refractivity contribution >= 4 is 5.97 Å². The van der Waals surface area contributed by atoms with Crippen LogP contribution in [0.3, 0.4) is 0 Å². The van der Waals surface area contributed by atoms with Crippen molar-refractivity contribution in [2.75, 3.05) is 20.6 Å². The first-order valence-corrected chi connectivity index (χ1v) is 5.51. The highest BCUT2D eigenvalue weighted by molar-refractivity contribution is 5.80. The third-order valence-electron chi connectivity index (χ3n) is 3.00. The van der Waals surface area contributed by atoms with Gasteiger partial charge in [0, 0.05) is 5.56 Å². The molecule has 0 spiro atoms. The van der Waals surface area contributed by atoms with E-state index in [1.54, 1.807) is 25.1 Å². The minimum absolute atomic E-state index is 0.245. The number of rotatable bonds is 5. The van der Waals surface area contributed by atoms with E-state index >= 15 is 0 Å². The summed E-state index contributed by atoms with van der Waals surface area (Å²) >= 11 is 0. The molecule has 0 heterocycles. The van der Waals surface area contributed by atoms with Gasteiger partial charge in [0.05, 0.1) is 5.41 Å². The lowest BCUT2D eigenvalue weighted by Gasteiger charge is -2.27. The Morgan fingerprint density at radius 2 is 2.00 bits per heavy atom. The van der Waals surface area contributed by atoms with Gasteiger partial charge in [0.15, 0.2) is 0 Å². The van der Waals surface area contributed by atoms with Gasteiger partial charge in [0.25, 0.3) is 0 Å². The van der Waals surface area contributed by atoms with Crippen molar-refractivity contribution in [3.8, 4) is 0 Å². The molecule has 1 aromatic carbocycles. The molecule has 94 valence electrons. The first kappa shape index (κ1) is 13.6. The number of halogens is 1. The maximum atomic E-state index is 13.7. The summed E-state index contributed by atoms with van der Waals surface area (Å²) in [5.41, 5.74) is -0.940. The molecule has 0 aliphatic heterocycles. The number of carbonyl (C=O) groups is 1. The van der Waals surface area contributed by atoms with E-state index in [1.165, 1.54) is 6.07 Å². The minimum atomic E-state index is -1.18. The topological polar surface area (TPSA) is 40.5 Å². The Morgan fingerprint density at radius 3 is 2.47 bits per heavy atom. The average Bonchev–Trinajstić information content (AvgIpc) is 2.26. The summed E-state index contributed by atoms with van der Waals surface area (Å²) in [7, 11) is 3.73. The van der Waals surface area contributed by atoms with Crippen molar-refractivity contribution in [1.29, 1.82) is 0 Å². The maximum absolute atomic E-state index is 13.7. The summed E-state index contributed by atoms with van der Waals surface area (Å²) < 4.78 is 13.7. The molecule has 0 aromatic heterocycles. The molecular weight excluding hydrogens is 221 g/mol. The number of benzene rings is 1. The smallest absolute Gasteiger partial charge is 0.313 e. The second-order valence-electron chi connectivity index (χ2n) is 4.67. The predicted molar refractivity (Wildman–Crippen MR) is 64.6 cm³/mol. The van der Waals surface area contributed by atoms with Gasteiger partial charge in [-0.05, 0) is 40.1 Å². The lowest BCUT2D eigenvalue weighted by molar-refractivity contribution is -0.143. The van der Waals surface area contributed by atoms with Crippen molar-refractivity contribution in [2.24, 2.45) is 0 Å². The van der Waals surface area contributed by atoms with Crippen molar-refractivity contribution in [3.05, 3.63) is 35.6 Å². The first-order valence-electron chi connectivity index (χ1n) is 5.51. The number of nitrogens with zero attached hydrogens (tertiary/aromatic N) is 1. The molecule has 1 rings (SSSR count). The fraction of sp³-hybridized carbons (Fsp3) is 0.462. The van der Waals surface area contributed by atoms with Gasteiger partial charge in [-0.1, -0.05) is 18.2 Å². The molecule has 0 fully saturated rings. The Bertz CT molecular complexity index is 406. The van der Waals surface area contributed by atoms with Gasteiger partial charge in [-0.15, -0.1) is 0 Å². The van der Waals surface area contributed by atoms with E-state index in [-0.39, 0.29) is 5.56 Å². The van der Waals surface area contributed by atoms with Crippen LogP contribution in [0.4, 0.5) is 4.39 Å². The Morgan fingerprint density at radius 1 is 1.41 bits per heavy atom. The molecule has 0 radical (unpaired) electrons. The van der Waals surface area contributed by atoms with Gasteiger partial charge in [0.1, 0.15) is 5.82 Å². The number of hydrogen-bond acceptors (Lipinski definition) is 2. The van der Waals surface area contributed by atoms with Crippen LogP contribution >= 0.6 is 0 Å². The normalized spacial score (nSPS) is 14.6. The fourth-order valence-corrected chi connectivity index (χ4v) is 1.71. The predicted octanol–water partition coefficient (Wildman–Crippen LogP) is 2.12. The van der Waals surface area contributed by atoms with Crippen LogP contribution < -0.4 is 0 Å². The molecule has 3 nitrogen and oxygen atoms in total. The SMILES string of the molecule is CN(C)CCC(C)(C(=O)O)c1ccccc1F. The number of hydrogen-bond donors (Lipinski definition) is 1. The summed E-state index contributed by atoms with van der Waals surface area (Å²) in [6.07, 6.45) is 0.371. The highest BCUT2D eigenvalue weighted by Crippen LogP contribution is 2.30. The highest BCUT2D eigenvalue weighted by atomic mass is 19.1. The van der Waals surface area contributed by atoms with E-state index in [0.717, 1.165) is 0 Å². The van der Waals surface area contributed by atoms with Crippen LogP contribution in [-0.4, -0.2) is 36.6 Å². The zero-order chi connectivity index (χ0) is 13.1. The molecule has 0 aliphatic rings. The number of carboxylic acid groups (broad SMARTS) is 1. The molecule has 1 aromatic rings. The van der Waals surface area contributed by atoms with Gasteiger partial charge in [0.2, 0.25) is 0 Å². The molecule has 0 amide bonds. The maximum Gasteiger partial charge on any atom is 0.313 e. The van der Waals surface area contributed by atoms with Crippen LogP contribution in [0, 0.1) is 5.82 Å². The van der Waals surface area contributed by atoms with Crippen molar-refractivity contribution in [1.82, 2.24) is 4.90 Å². The largest absolute Gasteiger partial charge is 0.481 e. The lowest BCUT2D eigenvalue weighted by atomic mass is 9.79. The summed E-state index contributed by atoms with van der Waals surface area (Å²) in [5.74, 6) is -1.46. The van der Waals surface area contributed by atoms with E-state index in [9.17, 15) is 14.3 Å². The molecule has 1 N–H and O–H groups in total. The van der Waals surface area contributed by atoms with Crippen molar-refractivity contribution in [2.45, 2.75) is 18.8 Å². The van der Waals surface area contributed by atoms with E-state index in [4.69, 9.17) is 0 Å². The molecule has 4 heteroatoms. The van der Waals surface area contributed by atoms with Crippen molar-refractivity contribution < 1.29 is 14.3 Å². The van der Waals surface area contributed by atoms with Gasteiger partial charge >= 0.3 is 5.97 Å². The second kappa shape index (κ2) is 5.27. The van der Waals surface area contributed by atoms with E-state index in [1.807, 2.05) is 19.0 Å². The van der Waals surface area contributed by atoms with E-state index in [0.29, 0.717) is 13.0 Å². The third-order valence-corrected chi connectivity index (χ3v) is 3.00. The van der Waals surface area contributed by atoms with Crippen LogP contribution in [-0.2, 0) is 10.2 Å². The summed E-state index contributed by atoms with van der Waals surface area (Å²) in [4.78, 5) is 13.3. The summed E-state index contributed by atoms with van der Waals surface area (Å²) in [6.45, 7) is 2.16. The van der Waals surface area contributed by atoms with E-state index < -0.39 is 17.2 Å². The van der Waals surface area contributed by atoms with E-state index in [2.05, 4.69) is 0 Å². The molecule has 17 heavy (non-hydrogen) atoms. The monoisotopic (exact) mass is 239 g/mol. The van der Waals surface area contributed by atoms with Gasteiger partial charge in [-0.3, -0.25) is 4.79 Å². The van der Waals surface area contributed by atoms with Gasteiger partial charge < -0.3 is 10.0 Å². The molecule has 1 unspecified atom stereocenters. The zero-order valence-electron chi connectivity index (χ0n) is 10.4. The molecule has 1 atom stereocenters. The third kappa shape index (κ3) is 3.03. The molecular formula is C13H18FNO2. The summed E-state index contributed by atoms with van der Waals surface area (Å²) in [6, 6.07) is 6.06. The van der Waals surface area contributed by atoms with Crippen LogP contribution in [0.5, 0.6) is 0 Å². The fourth-order valence-electron chi connectivity index (χ4n) is 1.71. The highest BCUT2D eigenvalue weighted by Gasteiger charge is 2.36. The Hall–Kier alpha value is -1.42. The van der Waals surface area contributed by atoms with Crippen LogP contribution in [0.1, 0.15) is 18.9 Å². The Kier molecular flexibility index (Phi) is 4.23. The molecule has 0 saturated heterocycles. The number of carboxylic acids is 1. The quantitative estimate of drug-likeness (QED) is 0.855. The van der Waals surface area contributed by atoms with Crippen LogP contribution in [0.15, 0.2) is 24.3 Å². The molecule has 0 aliphatic carbocycles. The average molecular weight is 239 g/mol. The first-order chi connectivity index (χ1) is 7.88.